The van der Waals surface area contributed by atoms with E-state index in [4.69, 9.17) is 0 Å². The van der Waals surface area contributed by atoms with E-state index >= 15 is 0 Å². The molecule has 0 heterocycles. The molecule has 18 heavy (non-hydrogen) atoms. The molecule has 0 aromatic carbocycles. The molecule has 0 N–H and O–H groups in total. The standard InChI is InChI=1S/C16H35N.ClH/c1-4-7-8-9-10-11-12-13-16-17(14-5-2)15-6-3;/h4-16H2,1-3H3;1H. The van der Waals surface area contributed by atoms with Crippen molar-refractivity contribution in [1.29, 1.82) is 0 Å². The Hall–Kier alpha value is 0.250. The highest BCUT2D eigenvalue weighted by Gasteiger charge is 2.01. The Morgan fingerprint density at radius 1 is 0.500 bits per heavy atom. The van der Waals surface area contributed by atoms with Gasteiger partial charge in [-0.25, -0.2) is 0 Å². The SMILES string of the molecule is CCCCCCCCCCN(CCC)CCC.Cl. The summed E-state index contributed by atoms with van der Waals surface area (Å²) >= 11 is 0. The predicted molar refractivity (Wildman–Crippen MR) is 86.9 cm³/mol. The zero-order chi connectivity index (χ0) is 12.8. The number of nitrogens with zero attached hydrogens (tertiary/aromatic N) is 1. The van der Waals surface area contributed by atoms with Crippen LogP contribution in [-0.4, -0.2) is 24.5 Å². The molecule has 0 amide bonds. The Kier molecular flexibility index (Phi) is 19.7. The monoisotopic (exact) mass is 277 g/mol. The van der Waals surface area contributed by atoms with Gasteiger partial charge >= 0.3 is 0 Å². The number of rotatable bonds is 13. The van der Waals surface area contributed by atoms with E-state index in [9.17, 15) is 0 Å². The zero-order valence-corrected chi connectivity index (χ0v) is 13.9. The van der Waals surface area contributed by atoms with Crippen molar-refractivity contribution >= 4 is 12.4 Å². The molecule has 0 bridgehead atoms. The van der Waals surface area contributed by atoms with Crippen molar-refractivity contribution in [3.05, 3.63) is 0 Å². The molecule has 0 aromatic heterocycles. The van der Waals surface area contributed by atoms with Crippen molar-refractivity contribution in [2.75, 3.05) is 19.6 Å². The maximum absolute atomic E-state index is 2.64. The highest BCUT2D eigenvalue weighted by atomic mass is 35.5. The van der Waals surface area contributed by atoms with Crippen LogP contribution in [0.5, 0.6) is 0 Å². The van der Waals surface area contributed by atoms with Gasteiger partial charge in [0.2, 0.25) is 0 Å². The van der Waals surface area contributed by atoms with E-state index in [-0.39, 0.29) is 12.4 Å². The summed E-state index contributed by atoms with van der Waals surface area (Å²) in [6.07, 6.45) is 14.1. The molecule has 0 aromatic rings. The van der Waals surface area contributed by atoms with Gasteiger partial charge in [0.1, 0.15) is 0 Å². The molecule has 2 heteroatoms. The van der Waals surface area contributed by atoms with E-state index in [0.29, 0.717) is 0 Å². The molecule has 0 aliphatic rings. The lowest BCUT2D eigenvalue weighted by molar-refractivity contribution is 0.267. The zero-order valence-electron chi connectivity index (χ0n) is 13.0. The van der Waals surface area contributed by atoms with Crippen molar-refractivity contribution < 1.29 is 0 Å². The predicted octanol–water partition coefficient (Wildman–Crippen LogP) is 5.67. The van der Waals surface area contributed by atoms with Crippen molar-refractivity contribution in [3.8, 4) is 0 Å². The second-order valence-corrected chi connectivity index (χ2v) is 5.32. The van der Waals surface area contributed by atoms with Crippen LogP contribution in [0, 0.1) is 0 Å². The Labute approximate surface area is 122 Å². The average molecular weight is 278 g/mol. The molecule has 112 valence electrons. The van der Waals surface area contributed by atoms with Crippen LogP contribution in [0.4, 0.5) is 0 Å². The fraction of sp³-hybridized carbons (Fsp3) is 1.00. The molecule has 1 nitrogen and oxygen atoms in total. The number of halogens is 1. The Bertz CT molecular complexity index is 133. The topological polar surface area (TPSA) is 3.24 Å². The molecule has 0 fully saturated rings. The third kappa shape index (κ3) is 14.3. The number of unbranched alkanes of at least 4 members (excludes halogenated alkanes) is 7. The van der Waals surface area contributed by atoms with Crippen LogP contribution in [0.15, 0.2) is 0 Å². The largest absolute Gasteiger partial charge is 0.303 e. The molecular formula is C16H36ClN. The van der Waals surface area contributed by atoms with E-state index in [2.05, 4.69) is 25.7 Å². The van der Waals surface area contributed by atoms with Gasteiger partial charge in [0.05, 0.1) is 0 Å². The fourth-order valence-electron chi connectivity index (χ4n) is 2.44. The summed E-state index contributed by atoms with van der Waals surface area (Å²) < 4.78 is 0. The van der Waals surface area contributed by atoms with Crippen LogP contribution < -0.4 is 0 Å². The molecule has 0 aliphatic heterocycles. The average Bonchev–Trinajstić information content (AvgIpc) is 2.33. The van der Waals surface area contributed by atoms with Gasteiger partial charge in [-0.05, 0) is 38.9 Å². The quantitative estimate of drug-likeness (QED) is 0.392. The Morgan fingerprint density at radius 3 is 1.39 bits per heavy atom. The summed E-state index contributed by atoms with van der Waals surface area (Å²) in [5, 5.41) is 0. The number of hydrogen-bond donors (Lipinski definition) is 0. The van der Waals surface area contributed by atoms with Crippen molar-refractivity contribution in [1.82, 2.24) is 4.90 Å². The smallest absolute Gasteiger partial charge is 0.00187 e. The van der Waals surface area contributed by atoms with E-state index < -0.39 is 0 Å². The molecule has 0 radical (unpaired) electrons. The normalized spacial score (nSPS) is 10.7. The van der Waals surface area contributed by atoms with Crippen LogP contribution in [0.3, 0.4) is 0 Å². The summed E-state index contributed by atoms with van der Waals surface area (Å²) in [6, 6.07) is 0. The molecule has 0 aliphatic carbocycles. The minimum Gasteiger partial charge on any atom is -0.303 e. The third-order valence-electron chi connectivity index (χ3n) is 3.41. The van der Waals surface area contributed by atoms with Crippen LogP contribution in [-0.2, 0) is 0 Å². The lowest BCUT2D eigenvalue weighted by Gasteiger charge is -2.20. The summed E-state index contributed by atoms with van der Waals surface area (Å²) in [5.74, 6) is 0. The highest BCUT2D eigenvalue weighted by molar-refractivity contribution is 5.85. The molecule has 0 saturated heterocycles. The van der Waals surface area contributed by atoms with E-state index in [0.717, 1.165) is 0 Å². The minimum absolute atomic E-state index is 0. The first-order valence-corrected chi connectivity index (χ1v) is 8.07. The van der Waals surface area contributed by atoms with Gasteiger partial charge in [0.25, 0.3) is 0 Å². The van der Waals surface area contributed by atoms with Crippen molar-refractivity contribution in [3.63, 3.8) is 0 Å². The highest BCUT2D eigenvalue weighted by Crippen LogP contribution is 2.09. The second kappa shape index (κ2) is 17.2. The molecule has 0 unspecified atom stereocenters. The van der Waals surface area contributed by atoms with E-state index in [1.807, 2.05) is 0 Å². The third-order valence-corrected chi connectivity index (χ3v) is 3.41. The Balaban J connectivity index is 0. The van der Waals surface area contributed by atoms with Crippen LogP contribution in [0.1, 0.15) is 85.0 Å². The molecular weight excluding hydrogens is 242 g/mol. The van der Waals surface area contributed by atoms with Gasteiger partial charge in [-0.1, -0.05) is 65.7 Å². The molecule has 0 spiro atoms. The fourth-order valence-corrected chi connectivity index (χ4v) is 2.44. The molecule has 0 saturated carbocycles. The van der Waals surface area contributed by atoms with Crippen molar-refractivity contribution in [2.45, 2.75) is 85.0 Å². The lowest BCUT2D eigenvalue weighted by atomic mass is 10.1. The Morgan fingerprint density at radius 2 is 0.944 bits per heavy atom. The summed E-state index contributed by atoms with van der Waals surface area (Å²) in [5.41, 5.74) is 0. The lowest BCUT2D eigenvalue weighted by Crippen LogP contribution is -2.26. The summed E-state index contributed by atoms with van der Waals surface area (Å²) in [4.78, 5) is 2.64. The molecule has 0 atom stereocenters. The first kappa shape index (κ1) is 20.6. The van der Waals surface area contributed by atoms with E-state index in [1.165, 1.54) is 83.8 Å². The van der Waals surface area contributed by atoms with Gasteiger partial charge < -0.3 is 4.90 Å². The summed E-state index contributed by atoms with van der Waals surface area (Å²) in [7, 11) is 0. The number of hydrogen-bond acceptors (Lipinski definition) is 1. The summed E-state index contributed by atoms with van der Waals surface area (Å²) in [6.45, 7) is 10.8. The maximum Gasteiger partial charge on any atom is -0.00187 e. The molecule has 0 rings (SSSR count). The van der Waals surface area contributed by atoms with Gasteiger partial charge in [-0.2, -0.15) is 0 Å². The first-order chi connectivity index (χ1) is 8.35. The van der Waals surface area contributed by atoms with Crippen LogP contribution in [0.25, 0.3) is 0 Å². The van der Waals surface area contributed by atoms with Crippen LogP contribution in [0.2, 0.25) is 0 Å². The van der Waals surface area contributed by atoms with Crippen molar-refractivity contribution in [2.24, 2.45) is 0 Å². The first-order valence-electron chi connectivity index (χ1n) is 8.07. The van der Waals surface area contributed by atoms with Gasteiger partial charge in [-0.3, -0.25) is 0 Å². The van der Waals surface area contributed by atoms with E-state index in [1.54, 1.807) is 0 Å². The second-order valence-electron chi connectivity index (χ2n) is 5.32. The van der Waals surface area contributed by atoms with Gasteiger partial charge in [0, 0.05) is 0 Å². The van der Waals surface area contributed by atoms with Gasteiger partial charge in [0.15, 0.2) is 0 Å². The maximum atomic E-state index is 2.64. The van der Waals surface area contributed by atoms with Crippen LogP contribution >= 0.6 is 12.4 Å². The minimum atomic E-state index is 0. The van der Waals surface area contributed by atoms with Gasteiger partial charge in [-0.15, -0.1) is 12.4 Å².